The van der Waals surface area contributed by atoms with Gasteiger partial charge < -0.3 is 9.84 Å². The van der Waals surface area contributed by atoms with Gasteiger partial charge in [-0.1, -0.05) is 0 Å². The van der Waals surface area contributed by atoms with Gasteiger partial charge in [0.1, 0.15) is 5.60 Å². The van der Waals surface area contributed by atoms with Crippen LogP contribution in [0.3, 0.4) is 0 Å². The van der Waals surface area contributed by atoms with Gasteiger partial charge in [-0.3, -0.25) is 10.00 Å². The van der Waals surface area contributed by atoms with Crippen LogP contribution in [0, 0.1) is 0 Å². The Labute approximate surface area is 101 Å². The second-order valence-electron chi connectivity index (χ2n) is 4.62. The average Bonchev–Trinajstić information content (AvgIpc) is 2.56. The third-order valence-electron chi connectivity index (χ3n) is 1.95. The third-order valence-corrected chi connectivity index (χ3v) is 1.95. The number of nitrogens with one attached hydrogen (secondary N) is 1. The van der Waals surface area contributed by atoms with Crippen LogP contribution in [0.5, 0.6) is 0 Å². The molecule has 0 saturated carbocycles. The lowest BCUT2D eigenvalue weighted by molar-refractivity contribution is 0.0635. The minimum atomic E-state index is -0.553. The van der Waals surface area contributed by atoms with Crippen LogP contribution in [-0.4, -0.2) is 26.6 Å². The number of amides is 1. The second kappa shape index (κ2) is 5.18. The summed E-state index contributed by atoms with van der Waals surface area (Å²) >= 11 is 0. The van der Waals surface area contributed by atoms with Gasteiger partial charge in [-0.15, -0.1) is 0 Å². The zero-order chi connectivity index (χ0) is 13.1. The van der Waals surface area contributed by atoms with E-state index in [2.05, 4.69) is 10.4 Å². The van der Waals surface area contributed by atoms with E-state index >= 15 is 0 Å². The monoisotopic (exact) mass is 241 g/mol. The number of nitrogens with zero attached hydrogens (tertiary/aromatic N) is 2. The summed E-state index contributed by atoms with van der Waals surface area (Å²) in [5.41, 5.74) is 0.107. The fourth-order valence-corrected chi connectivity index (χ4v) is 1.33. The first-order valence-electron chi connectivity index (χ1n) is 5.53. The molecule has 0 unspecified atom stereocenters. The van der Waals surface area contributed by atoms with E-state index in [4.69, 9.17) is 9.84 Å². The highest BCUT2D eigenvalue weighted by Gasteiger charge is 2.17. The number of hydrogen-bond acceptors (Lipinski definition) is 4. The van der Waals surface area contributed by atoms with Crippen LogP contribution in [0.25, 0.3) is 0 Å². The molecule has 1 amide bonds. The Bertz CT molecular complexity index is 372. The fourth-order valence-electron chi connectivity index (χ4n) is 1.33. The summed E-state index contributed by atoms with van der Waals surface area (Å²) in [6.07, 6.45) is -0.553. The largest absolute Gasteiger partial charge is 0.444 e. The number of carbonyl (C=O) groups is 1. The van der Waals surface area contributed by atoms with Crippen LogP contribution in [0.2, 0.25) is 0 Å². The van der Waals surface area contributed by atoms with Gasteiger partial charge in [0.15, 0.2) is 5.82 Å². The molecule has 17 heavy (non-hydrogen) atoms. The second-order valence-corrected chi connectivity index (χ2v) is 4.62. The van der Waals surface area contributed by atoms with Crippen molar-refractivity contribution in [3.63, 3.8) is 0 Å². The first kappa shape index (κ1) is 13.5. The summed E-state index contributed by atoms with van der Waals surface area (Å²) in [4.78, 5) is 11.5. The Morgan fingerprint density at radius 3 is 2.65 bits per heavy atom. The molecule has 0 aliphatic heterocycles. The number of aliphatic hydroxyl groups is 1. The molecule has 0 aromatic carbocycles. The van der Waals surface area contributed by atoms with Gasteiger partial charge in [0, 0.05) is 12.6 Å². The summed E-state index contributed by atoms with van der Waals surface area (Å²) in [5, 5.41) is 15.7. The molecule has 0 spiro atoms. The first-order valence-corrected chi connectivity index (χ1v) is 5.53. The lowest BCUT2D eigenvalue weighted by Crippen LogP contribution is -2.27. The number of rotatable bonds is 3. The molecule has 96 valence electrons. The molecule has 0 aliphatic carbocycles. The molecule has 0 saturated heterocycles. The van der Waals surface area contributed by atoms with Gasteiger partial charge in [-0.25, -0.2) is 4.79 Å². The van der Waals surface area contributed by atoms with Gasteiger partial charge in [0.25, 0.3) is 0 Å². The predicted octanol–water partition coefficient (Wildman–Crippen LogP) is 1.74. The third kappa shape index (κ3) is 4.07. The highest BCUT2D eigenvalue weighted by atomic mass is 16.6. The number of hydrogen-bond donors (Lipinski definition) is 2. The fraction of sp³-hybridized carbons (Fsp3) is 0.636. The molecule has 6 heteroatoms. The summed E-state index contributed by atoms with van der Waals surface area (Å²) in [7, 11) is 0. The van der Waals surface area contributed by atoms with Crippen molar-refractivity contribution in [2.45, 2.75) is 46.4 Å². The van der Waals surface area contributed by atoms with Gasteiger partial charge in [0.2, 0.25) is 0 Å². The van der Waals surface area contributed by atoms with Crippen LogP contribution in [-0.2, 0) is 17.9 Å². The molecule has 1 aromatic rings. The van der Waals surface area contributed by atoms with Crippen molar-refractivity contribution in [1.82, 2.24) is 9.78 Å². The zero-order valence-electron chi connectivity index (χ0n) is 10.6. The Balaban J connectivity index is 2.69. The number of carbonyl (C=O) groups excluding carboxylic acids is 1. The molecule has 0 aliphatic rings. The molecular weight excluding hydrogens is 222 g/mol. The topological polar surface area (TPSA) is 76.4 Å². The molecule has 1 aromatic heterocycles. The van der Waals surface area contributed by atoms with Gasteiger partial charge >= 0.3 is 6.09 Å². The van der Waals surface area contributed by atoms with Gasteiger partial charge in [-0.05, 0) is 27.7 Å². The summed E-state index contributed by atoms with van der Waals surface area (Å²) in [5.74, 6) is 0.380. The van der Waals surface area contributed by atoms with Crippen LogP contribution >= 0.6 is 0 Å². The van der Waals surface area contributed by atoms with E-state index in [1.807, 2.05) is 6.92 Å². The molecule has 2 N–H and O–H groups in total. The summed E-state index contributed by atoms with van der Waals surface area (Å²) < 4.78 is 6.71. The number of aromatic nitrogens is 2. The van der Waals surface area contributed by atoms with Crippen molar-refractivity contribution in [2.24, 2.45) is 0 Å². The first-order chi connectivity index (χ1) is 7.85. The van der Waals surface area contributed by atoms with Crippen LogP contribution in [0.4, 0.5) is 10.6 Å². The van der Waals surface area contributed by atoms with E-state index in [0.29, 0.717) is 18.1 Å². The highest BCUT2D eigenvalue weighted by Crippen LogP contribution is 2.12. The van der Waals surface area contributed by atoms with Crippen molar-refractivity contribution >= 4 is 11.9 Å². The highest BCUT2D eigenvalue weighted by molar-refractivity contribution is 5.83. The molecular formula is C11H19N3O3. The number of ether oxygens (including phenoxy) is 1. The molecule has 0 radical (unpaired) electrons. The van der Waals surface area contributed by atoms with Crippen molar-refractivity contribution < 1.29 is 14.6 Å². The molecule has 0 atom stereocenters. The van der Waals surface area contributed by atoms with E-state index < -0.39 is 11.7 Å². The lowest BCUT2D eigenvalue weighted by atomic mass is 10.2. The van der Waals surface area contributed by atoms with Gasteiger partial charge in [-0.2, -0.15) is 5.10 Å². The maximum absolute atomic E-state index is 11.5. The summed E-state index contributed by atoms with van der Waals surface area (Å²) in [6.45, 7) is 7.79. The number of anilines is 1. The Morgan fingerprint density at radius 2 is 2.24 bits per heavy atom. The van der Waals surface area contributed by atoms with Gasteiger partial charge in [0.05, 0.1) is 12.3 Å². The Kier molecular flexibility index (Phi) is 4.11. The predicted molar refractivity (Wildman–Crippen MR) is 63.7 cm³/mol. The normalized spacial score (nSPS) is 11.4. The standard InChI is InChI=1S/C11H19N3O3/c1-5-14-8(7-15)6-9(13-14)12-10(16)17-11(2,3)4/h6,15H,5,7H2,1-4H3,(H,12,13,16). The van der Waals surface area contributed by atoms with Crippen molar-refractivity contribution in [3.05, 3.63) is 11.8 Å². The molecule has 1 heterocycles. The van der Waals surface area contributed by atoms with Crippen molar-refractivity contribution in [1.29, 1.82) is 0 Å². The van der Waals surface area contributed by atoms with E-state index in [0.717, 1.165) is 0 Å². The SMILES string of the molecule is CCn1nc(NC(=O)OC(C)(C)C)cc1CO. The van der Waals surface area contributed by atoms with E-state index in [1.165, 1.54) is 0 Å². The molecule has 6 nitrogen and oxygen atoms in total. The zero-order valence-corrected chi connectivity index (χ0v) is 10.6. The van der Waals surface area contributed by atoms with E-state index in [9.17, 15) is 4.79 Å². The van der Waals surface area contributed by atoms with E-state index in [1.54, 1.807) is 31.5 Å². The summed E-state index contributed by atoms with van der Waals surface area (Å²) in [6, 6.07) is 1.62. The van der Waals surface area contributed by atoms with Crippen LogP contribution in [0.15, 0.2) is 6.07 Å². The number of aliphatic hydroxyl groups excluding tert-OH is 1. The minimum Gasteiger partial charge on any atom is -0.444 e. The number of aryl methyl sites for hydroxylation is 1. The maximum Gasteiger partial charge on any atom is 0.413 e. The lowest BCUT2D eigenvalue weighted by Gasteiger charge is -2.18. The average molecular weight is 241 g/mol. The Hall–Kier alpha value is -1.56. The molecule has 0 fully saturated rings. The molecule has 1 rings (SSSR count). The maximum atomic E-state index is 11.5. The Morgan fingerprint density at radius 1 is 1.59 bits per heavy atom. The van der Waals surface area contributed by atoms with Crippen LogP contribution < -0.4 is 5.32 Å². The van der Waals surface area contributed by atoms with E-state index in [-0.39, 0.29) is 6.61 Å². The minimum absolute atomic E-state index is 0.114. The van der Waals surface area contributed by atoms with Crippen molar-refractivity contribution in [2.75, 3.05) is 5.32 Å². The molecule has 0 bridgehead atoms. The quantitative estimate of drug-likeness (QED) is 0.845. The smallest absolute Gasteiger partial charge is 0.413 e. The van der Waals surface area contributed by atoms with Crippen LogP contribution in [0.1, 0.15) is 33.4 Å². The van der Waals surface area contributed by atoms with Crippen molar-refractivity contribution in [3.8, 4) is 0 Å².